The largest absolute Gasteiger partial charge is 0.0629 e. The summed E-state index contributed by atoms with van der Waals surface area (Å²) in [5.74, 6) is 0. The molecule has 9 rings (SSSR count). The highest BCUT2D eigenvalue weighted by atomic mass is 14.3. The van der Waals surface area contributed by atoms with Crippen LogP contribution in [0.1, 0.15) is 63.0 Å². The van der Waals surface area contributed by atoms with Gasteiger partial charge in [0.25, 0.3) is 0 Å². The van der Waals surface area contributed by atoms with Gasteiger partial charge in [-0.05, 0) is 140 Å². The van der Waals surface area contributed by atoms with Crippen LogP contribution in [0.15, 0.2) is 133 Å². The van der Waals surface area contributed by atoms with Gasteiger partial charge in [-0.2, -0.15) is 0 Å². The highest BCUT2D eigenvalue weighted by Crippen LogP contribution is 2.49. The van der Waals surface area contributed by atoms with Gasteiger partial charge in [0.1, 0.15) is 0 Å². The van der Waals surface area contributed by atoms with Gasteiger partial charge in [-0.3, -0.25) is 0 Å². The van der Waals surface area contributed by atoms with Crippen LogP contribution in [0.2, 0.25) is 0 Å². The summed E-state index contributed by atoms with van der Waals surface area (Å²) in [5.41, 5.74) is 8.68. The summed E-state index contributed by atoms with van der Waals surface area (Å²) in [4.78, 5) is 0. The minimum Gasteiger partial charge on any atom is -0.0622 e. The van der Waals surface area contributed by atoms with E-state index < -0.39 is 24.2 Å². The van der Waals surface area contributed by atoms with E-state index in [0.717, 1.165) is 71.0 Å². The zero-order chi connectivity index (χ0) is 40.0. The van der Waals surface area contributed by atoms with Crippen molar-refractivity contribution >= 4 is 21.5 Å². The van der Waals surface area contributed by atoms with E-state index in [2.05, 4.69) is 6.07 Å². The quantitative estimate of drug-likeness (QED) is 0.176. The van der Waals surface area contributed by atoms with Gasteiger partial charge in [0.2, 0.25) is 0 Å². The van der Waals surface area contributed by atoms with E-state index in [4.69, 9.17) is 9.60 Å². The number of benzene rings is 7. The molecule has 222 valence electrons. The summed E-state index contributed by atoms with van der Waals surface area (Å²) in [6, 6.07) is 18.1. The van der Waals surface area contributed by atoms with Gasteiger partial charge in [0.05, 0.1) is 15.1 Å². The number of hydrogen-bond donors (Lipinski definition) is 0. The first kappa shape index (κ1) is 18.3. The molecule has 46 heavy (non-hydrogen) atoms. The van der Waals surface area contributed by atoms with Gasteiger partial charge in [-0.1, -0.05) is 133 Å². The topological polar surface area (TPSA) is 0 Å². The molecule has 7 aromatic rings. The second kappa shape index (κ2) is 11.5. The minimum atomic E-state index is -0.446. The Balaban J connectivity index is 1.45. The SMILES string of the molecule is [2H]c1c([2H])c2c(c(-c3ccc(-c4c5c([2H])c([2H])c([2H])c([2H])c5c(-c5c(-c6ccccc6)ccc6c5CCCC6)c5c([2H])c([2H])c([2H])c([2H])c45)cc3)c1[2H])CCCC2. The van der Waals surface area contributed by atoms with Crippen LogP contribution in [0.5, 0.6) is 0 Å². The molecule has 0 amide bonds. The Morgan fingerprint density at radius 1 is 0.370 bits per heavy atom. The van der Waals surface area contributed by atoms with Gasteiger partial charge in [-0.25, -0.2) is 0 Å². The van der Waals surface area contributed by atoms with Crippen molar-refractivity contribution in [3.05, 3.63) is 155 Å². The number of hydrogen-bond acceptors (Lipinski definition) is 0. The van der Waals surface area contributed by atoms with Crippen molar-refractivity contribution < 1.29 is 15.1 Å². The molecule has 0 fully saturated rings. The summed E-state index contributed by atoms with van der Waals surface area (Å²) in [5, 5.41) is 0.723. The maximum atomic E-state index is 9.54. The van der Waals surface area contributed by atoms with Crippen LogP contribution in [-0.4, -0.2) is 0 Å². The molecule has 0 unspecified atom stereocenters. The molecule has 0 atom stereocenters. The number of aryl methyl sites for hydroxylation is 1. The first-order chi connectivity index (χ1) is 27.4. The molecule has 0 spiro atoms. The van der Waals surface area contributed by atoms with Crippen LogP contribution in [-0.2, 0) is 25.7 Å². The van der Waals surface area contributed by atoms with E-state index in [9.17, 15) is 5.48 Å². The van der Waals surface area contributed by atoms with Gasteiger partial charge < -0.3 is 0 Å². The summed E-state index contributed by atoms with van der Waals surface area (Å²) in [6.07, 6.45) is 6.63. The van der Waals surface area contributed by atoms with E-state index in [1.807, 2.05) is 48.5 Å². The smallest absolute Gasteiger partial charge is 0.0622 e. The molecule has 0 nitrogen and oxygen atoms in total. The van der Waals surface area contributed by atoms with E-state index >= 15 is 0 Å². The second-order valence-electron chi connectivity index (χ2n) is 12.4. The molecule has 0 N–H and O–H groups in total. The highest BCUT2D eigenvalue weighted by molar-refractivity contribution is 6.22. The van der Waals surface area contributed by atoms with Crippen molar-refractivity contribution in [3.63, 3.8) is 0 Å². The molecule has 0 heteroatoms. The summed E-state index contributed by atoms with van der Waals surface area (Å²) >= 11 is 0. The predicted octanol–water partition coefficient (Wildman–Crippen LogP) is 12.4. The standard InChI is InChI=1S/C46H38/c1-2-13-32(14-3-1)39-30-29-33-16-5-7-19-38(33)45(39)46-42-22-10-8-20-40(42)44(41-21-9-11-23-43(41)46)35-27-25-34(26-28-35)37-24-12-17-31-15-4-6-18-36(31)37/h1-3,8-14,17,20-30H,4-7,15-16,18-19H2/i8D,9D,10D,11D,12D,17D,20D,21D,22D,23D,24D. The molecular formula is C46H38. The molecule has 0 aromatic heterocycles. The van der Waals surface area contributed by atoms with Gasteiger partial charge in [0.15, 0.2) is 0 Å². The molecule has 0 radical (unpaired) electrons. The third kappa shape index (κ3) is 4.51. The summed E-state index contributed by atoms with van der Waals surface area (Å²) in [7, 11) is 0. The molecule has 2 aliphatic rings. The lowest BCUT2D eigenvalue weighted by atomic mass is 9.78. The molecule has 0 saturated heterocycles. The fourth-order valence-corrected chi connectivity index (χ4v) is 7.75. The predicted molar refractivity (Wildman–Crippen MR) is 196 cm³/mol. The summed E-state index contributed by atoms with van der Waals surface area (Å²) < 4.78 is 99.8. The molecular weight excluding hydrogens is 553 g/mol. The monoisotopic (exact) mass is 601 g/mol. The fourth-order valence-electron chi connectivity index (χ4n) is 7.75. The lowest BCUT2D eigenvalue weighted by Crippen LogP contribution is -2.06. The average molecular weight is 602 g/mol. The van der Waals surface area contributed by atoms with Gasteiger partial charge in [0, 0.05) is 0 Å². The normalized spacial score (nSPS) is 17.6. The summed E-state index contributed by atoms with van der Waals surface area (Å²) in [6.45, 7) is 0. The van der Waals surface area contributed by atoms with E-state index in [0.29, 0.717) is 41.5 Å². The first-order valence-corrected chi connectivity index (χ1v) is 16.3. The zero-order valence-corrected chi connectivity index (χ0v) is 25.5. The molecule has 0 aliphatic heterocycles. The van der Waals surface area contributed by atoms with Gasteiger partial charge in [-0.15, -0.1) is 0 Å². The second-order valence-corrected chi connectivity index (χ2v) is 12.4. The van der Waals surface area contributed by atoms with Crippen LogP contribution >= 0.6 is 0 Å². The lowest BCUT2D eigenvalue weighted by Gasteiger charge is -2.26. The highest BCUT2D eigenvalue weighted by Gasteiger charge is 2.24. The molecule has 0 bridgehead atoms. The Labute approximate surface area is 287 Å². The first-order valence-electron chi connectivity index (χ1n) is 21.8. The van der Waals surface area contributed by atoms with Crippen LogP contribution in [0, 0.1) is 0 Å². The van der Waals surface area contributed by atoms with E-state index in [1.54, 1.807) is 12.1 Å². The Morgan fingerprint density at radius 2 is 0.935 bits per heavy atom. The van der Waals surface area contributed by atoms with Crippen LogP contribution in [0.25, 0.3) is 66.1 Å². The number of fused-ring (bicyclic) bond motifs is 4. The maximum Gasteiger partial charge on any atom is 0.0629 e. The molecule has 0 saturated carbocycles. The average Bonchev–Trinajstić information content (AvgIpc) is 3.24. The third-order valence-electron chi connectivity index (χ3n) is 9.88. The Kier molecular flexibility index (Phi) is 4.55. The van der Waals surface area contributed by atoms with Crippen molar-refractivity contribution in [3.8, 4) is 44.5 Å². The fraction of sp³-hybridized carbons (Fsp3) is 0.174. The van der Waals surface area contributed by atoms with Crippen molar-refractivity contribution in [1.82, 2.24) is 0 Å². The van der Waals surface area contributed by atoms with Crippen LogP contribution in [0.4, 0.5) is 0 Å². The molecule has 7 aromatic carbocycles. The van der Waals surface area contributed by atoms with Crippen LogP contribution in [0.3, 0.4) is 0 Å². The van der Waals surface area contributed by atoms with Gasteiger partial charge >= 0.3 is 0 Å². The lowest BCUT2D eigenvalue weighted by molar-refractivity contribution is 0.687. The number of rotatable bonds is 4. The van der Waals surface area contributed by atoms with E-state index in [1.165, 1.54) is 0 Å². The molecule has 2 aliphatic carbocycles. The van der Waals surface area contributed by atoms with Crippen molar-refractivity contribution in [2.45, 2.75) is 51.4 Å². The third-order valence-corrected chi connectivity index (χ3v) is 9.88. The minimum absolute atomic E-state index is 0.0164. The Bertz CT molecular complexity index is 2760. The van der Waals surface area contributed by atoms with Crippen molar-refractivity contribution in [1.29, 1.82) is 0 Å². The van der Waals surface area contributed by atoms with Crippen molar-refractivity contribution in [2.75, 3.05) is 0 Å². The maximum absolute atomic E-state index is 9.54. The Hall–Kier alpha value is -4.94. The van der Waals surface area contributed by atoms with Crippen LogP contribution < -0.4 is 0 Å². The van der Waals surface area contributed by atoms with Crippen molar-refractivity contribution in [2.24, 2.45) is 0 Å². The molecule has 0 heterocycles. The zero-order valence-electron chi connectivity index (χ0n) is 36.5. The Morgan fingerprint density at radius 3 is 1.63 bits per heavy atom. The van der Waals surface area contributed by atoms with E-state index in [-0.39, 0.29) is 69.4 Å².